The second kappa shape index (κ2) is 8.25. The van der Waals surface area contributed by atoms with Crippen LogP contribution in [0.4, 0.5) is 4.39 Å². The molecule has 4 rings (SSSR count). The molecule has 0 radical (unpaired) electrons. The van der Waals surface area contributed by atoms with Gasteiger partial charge in [0.25, 0.3) is 0 Å². The van der Waals surface area contributed by atoms with Gasteiger partial charge in [-0.15, -0.1) is 0 Å². The lowest BCUT2D eigenvalue weighted by molar-refractivity contribution is -0.140. The number of esters is 1. The zero-order valence-corrected chi connectivity index (χ0v) is 16.8. The van der Waals surface area contributed by atoms with Crippen LogP contribution >= 0.6 is 11.3 Å². The number of carbonyl (C=O) groups is 1. The minimum Gasteiger partial charge on any atom is -0.460 e. The van der Waals surface area contributed by atoms with E-state index in [1.54, 1.807) is 12.1 Å². The number of hydrogen-bond donors (Lipinski definition) is 1. The molecule has 0 spiro atoms. The SMILES string of the molecule is COCCOC(=O)C1=C(N)Oc2c(c(=O)sc3ccccc23)[C@H]1c1cccc(F)c1. The van der Waals surface area contributed by atoms with Crippen LogP contribution in [-0.4, -0.2) is 26.3 Å². The summed E-state index contributed by atoms with van der Waals surface area (Å²) in [7, 11) is 1.48. The van der Waals surface area contributed by atoms with Crippen molar-refractivity contribution in [1.82, 2.24) is 0 Å². The number of methoxy groups -OCH3 is 1. The van der Waals surface area contributed by atoms with Gasteiger partial charge in [0.1, 0.15) is 23.7 Å². The third kappa shape index (κ3) is 3.55. The van der Waals surface area contributed by atoms with Crippen molar-refractivity contribution >= 4 is 27.4 Å². The molecule has 2 N–H and O–H groups in total. The number of hydrogen-bond acceptors (Lipinski definition) is 7. The molecule has 1 aliphatic heterocycles. The molecule has 1 aromatic heterocycles. The maximum absolute atomic E-state index is 14.0. The van der Waals surface area contributed by atoms with Crippen LogP contribution in [0.5, 0.6) is 5.75 Å². The molecule has 0 saturated heterocycles. The highest BCUT2D eigenvalue weighted by atomic mass is 32.1. The minimum absolute atomic E-state index is 0.000577. The molecule has 2 heterocycles. The fourth-order valence-corrected chi connectivity index (χ4v) is 4.42. The number of ether oxygens (including phenoxy) is 3. The van der Waals surface area contributed by atoms with E-state index >= 15 is 0 Å². The zero-order valence-electron chi connectivity index (χ0n) is 16.0. The van der Waals surface area contributed by atoms with Crippen molar-refractivity contribution in [2.75, 3.05) is 20.3 Å². The second-order valence-electron chi connectivity index (χ2n) is 6.63. The first-order valence-corrected chi connectivity index (χ1v) is 9.97. The molecule has 0 unspecified atom stereocenters. The zero-order chi connectivity index (χ0) is 21.3. The lowest BCUT2D eigenvalue weighted by Gasteiger charge is -2.28. The molecular formula is C22H18FNO5S. The van der Waals surface area contributed by atoms with E-state index in [1.807, 2.05) is 18.2 Å². The van der Waals surface area contributed by atoms with Crippen LogP contribution in [0, 0.1) is 5.82 Å². The number of halogens is 1. The summed E-state index contributed by atoms with van der Waals surface area (Å²) in [5, 5.41) is 0.688. The Morgan fingerprint density at radius 3 is 2.77 bits per heavy atom. The monoisotopic (exact) mass is 427 g/mol. The van der Waals surface area contributed by atoms with Crippen molar-refractivity contribution in [2.24, 2.45) is 5.73 Å². The fourth-order valence-electron chi connectivity index (χ4n) is 3.48. The number of rotatable bonds is 5. The fraction of sp³-hybridized carbons (Fsp3) is 0.182. The van der Waals surface area contributed by atoms with Gasteiger partial charge in [0.15, 0.2) is 0 Å². The van der Waals surface area contributed by atoms with Gasteiger partial charge in [0.05, 0.1) is 18.1 Å². The van der Waals surface area contributed by atoms with E-state index < -0.39 is 17.7 Å². The first-order chi connectivity index (χ1) is 14.5. The Kier molecular flexibility index (Phi) is 5.52. The van der Waals surface area contributed by atoms with Gasteiger partial charge in [0, 0.05) is 17.2 Å². The minimum atomic E-state index is -0.923. The van der Waals surface area contributed by atoms with Crippen molar-refractivity contribution in [1.29, 1.82) is 0 Å². The molecule has 0 bridgehead atoms. The van der Waals surface area contributed by atoms with Crippen molar-refractivity contribution < 1.29 is 23.4 Å². The summed E-state index contributed by atoms with van der Waals surface area (Å²) in [5.74, 6) is -2.08. The molecule has 30 heavy (non-hydrogen) atoms. The molecule has 8 heteroatoms. The van der Waals surface area contributed by atoms with Crippen LogP contribution in [0.3, 0.4) is 0 Å². The van der Waals surface area contributed by atoms with E-state index in [0.717, 1.165) is 16.0 Å². The van der Waals surface area contributed by atoms with Crippen LogP contribution in [0.1, 0.15) is 17.0 Å². The Labute approximate surface area is 175 Å². The van der Waals surface area contributed by atoms with Gasteiger partial charge in [-0.05, 0) is 29.8 Å². The topological polar surface area (TPSA) is 87.8 Å². The van der Waals surface area contributed by atoms with Gasteiger partial charge in [-0.2, -0.15) is 0 Å². The Bertz CT molecular complexity index is 1220. The van der Waals surface area contributed by atoms with Crippen LogP contribution in [0.25, 0.3) is 10.1 Å². The van der Waals surface area contributed by atoms with E-state index in [1.165, 1.54) is 25.3 Å². The van der Waals surface area contributed by atoms with Gasteiger partial charge in [-0.1, -0.05) is 35.6 Å². The summed E-state index contributed by atoms with van der Waals surface area (Å²) >= 11 is 1.03. The Morgan fingerprint density at radius 1 is 1.20 bits per heavy atom. The van der Waals surface area contributed by atoms with Gasteiger partial charge in [-0.25, -0.2) is 9.18 Å². The largest absolute Gasteiger partial charge is 0.460 e. The lowest BCUT2D eigenvalue weighted by Crippen LogP contribution is -2.31. The molecule has 3 aromatic rings. The van der Waals surface area contributed by atoms with Crippen molar-refractivity contribution in [2.45, 2.75) is 5.92 Å². The summed E-state index contributed by atoms with van der Waals surface area (Å²) in [6, 6.07) is 12.9. The highest BCUT2D eigenvalue weighted by molar-refractivity contribution is 7.16. The van der Waals surface area contributed by atoms with E-state index in [4.69, 9.17) is 19.9 Å². The summed E-state index contributed by atoms with van der Waals surface area (Å²) < 4.78 is 30.4. The lowest BCUT2D eigenvalue weighted by atomic mass is 9.83. The summed E-state index contributed by atoms with van der Waals surface area (Å²) in [5.41, 5.74) is 6.74. The Morgan fingerprint density at radius 2 is 2.00 bits per heavy atom. The molecular weight excluding hydrogens is 409 g/mol. The van der Waals surface area contributed by atoms with Gasteiger partial charge in [0.2, 0.25) is 10.6 Å². The third-order valence-corrected chi connectivity index (χ3v) is 5.76. The molecule has 0 fully saturated rings. The predicted octanol–water partition coefficient (Wildman–Crippen LogP) is 3.28. The number of carbonyl (C=O) groups excluding carboxylic acids is 1. The van der Waals surface area contributed by atoms with E-state index in [9.17, 15) is 14.0 Å². The van der Waals surface area contributed by atoms with Crippen LogP contribution < -0.4 is 15.2 Å². The average molecular weight is 427 g/mol. The summed E-state index contributed by atoms with van der Waals surface area (Å²) in [6.07, 6.45) is 0. The summed E-state index contributed by atoms with van der Waals surface area (Å²) in [6.45, 7) is 0.194. The molecule has 6 nitrogen and oxygen atoms in total. The Balaban J connectivity index is 1.94. The molecule has 154 valence electrons. The van der Waals surface area contributed by atoms with E-state index in [-0.39, 0.29) is 40.7 Å². The first-order valence-electron chi connectivity index (χ1n) is 9.16. The molecule has 0 amide bonds. The second-order valence-corrected chi connectivity index (χ2v) is 7.64. The van der Waals surface area contributed by atoms with Gasteiger partial charge >= 0.3 is 5.97 Å². The highest BCUT2D eigenvalue weighted by Crippen LogP contribution is 2.44. The Hall–Kier alpha value is -3.23. The molecule has 1 aliphatic rings. The normalized spacial score (nSPS) is 15.6. The van der Waals surface area contributed by atoms with Crippen molar-refractivity contribution in [3.63, 3.8) is 0 Å². The maximum atomic E-state index is 14.0. The van der Waals surface area contributed by atoms with Gasteiger partial charge < -0.3 is 19.9 Å². The van der Waals surface area contributed by atoms with Crippen LogP contribution in [0.2, 0.25) is 0 Å². The number of fused-ring (bicyclic) bond motifs is 3. The van der Waals surface area contributed by atoms with Crippen molar-refractivity contribution in [3.05, 3.63) is 86.5 Å². The van der Waals surface area contributed by atoms with E-state index in [0.29, 0.717) is 10.9 Å². The molecule has 0 saturated carbocycles. The molecule has 2 aromatic carbocycles. The van der Waals surface area contributed by atoms with Crippen molar-refractivity contribution in [3.8, 4) is 5.75 Å². The highest BCUT2D eigenvalue weighted by Gasteiger charge is 2.38. The average Bonchev–Trinajstić information content (AvgIpc) is 2.73. The van der Waals surface area contributed by atoms with Crippen LogP contribution in [0.15, 0.2) is 64.8 Å². The third-order valence-electron chi connectivity index (χ3n) is 4.78. The molecule has 0 aliphatic carbocycles. The quantitative estimate of drug-likeness (QED) is 0.497. The molecule has 1 atom stereocenters. The number of benzene rings is 2. The predicted molar refractivity (Wildman–Crippen MR) is 111 cm³/mol. The smallest absolute Gasteiger partial charge is 0.340 e. The summed E-state index contributed by atoms with van der Waals surface area (Å²) in [4.78, 5) is 25.9. The van der Waals surface area contributed by atoms with Gasteiger partial charge in [-0.3, -0.25) is 4.79 Å². The number of nitrogens with two attached hydrogens (primary N) is 1. The van der Waals surface area contributed by atoms with E-state index in [2.05, 4.69) is 0 Å². The first kappa shape index (κ1) is 20.1. The van der Waals surface area contributed by atoms with Crippen LogP contribution in [-0.2, 0) is 14.3 Å². The maximum Gasteiger partial charge on any atom is 0.340 e. The standard InChI is InChI=1S/C22H18FNO5S/c1-27-9-10-28-21(25)18-16(12-5-4-6-13(23)11-12)17-19(29-20(18)24)14-7-2-3-8-15(14)30-22(17)26/h2-8,11,16H,9-10,24H2,1H3/t16-/m1/s1.